The monoisotopic (exact) mass is 414 g/mol. The normalized spacial score (nSPS) is 22.2. The Morgan fingerprint density at radius 3 is 2.57 bits per heavy atom. The third-order valence-corrected chi connectivity index (χ3v) is 5.86. The highest BCUT2D eigenvalue weighted by molar-refractivity contribution is 6.46. The molecule has 30 heavy (non-hydrogen) atoms. The fraction of sp³-hybridized carbons (Fsp3) is 0.476. The summed E-state index contributed by atoms with van der Waals surface area (Å²) in [6.45, 7) is 7.40. The van der Waals surface area contributed by atoms with Gasteiger partial charge in [0.2, 0.25) is 0 Å². The lowest BCUT2D eigenvalue weighted by Gasteiger charge is -2.30. The molecule has 160 valence electrons. The molecule has 9 nitrogen and oxygen atoms in total. The number of Topliss-reactive ketones (excluding diaryl/α,β-unsaturated/α-hetero) is 1. The van der Waals surface area contributed by atoms with Gasteiger partial charge >= 0.3 is 0 Å². The Kier molecular flexibility index (Phi) is 5.48. The lowest BCUT2D eigenvalue weighted by molar-refractivity contribution is -0.140. The number of ketones is 1. The highest BCUT2D eigenvalue weighted by Gasteiger charge is 2.47. The topological polar surface area (TPSA) is 101 Å². The molecule has 0 saturated carbocycles. The van der Waals surface area contributed by atoms with E-state index >= 15 is 0 Å². The molecule has 2 saturated heterocycles. The molecule has 0 radical (unpaired) electrons. The average Bonchev–Trinajstić information content (AvgIpc) is 3.41. The third kappa shape index (κ3) is 3.44. The van der Waals surface area contributed by atoms with E-state index in [4.69, 9.17) is 9.15 Å². The Bertz CT molecular complexity index is 985. The molecule has 0 aromatic carbocycles. The first kappa shape index (κ1) is 20.4. The molecule has 2 aliphatic heterocycles. The van der Waals surface area contributed by atoms with Crippen molar-refractivity contribution in [2.24, 2.45) is 7.05 Å². The Morgan fingerprint density at radius 1 is 1.23 bits per heavy atom. The molecule has 1 amide bonds. The van der Waals surface area contributed by atoms with Gasteiger partial charge in [-0.1, -0.05) is 0 Å². The van der Waals surface area contributed by atoms with Gasteiger partial charge in [0.05, 0.1) is 36.3 Å². The van der Waals surface area contributed by atoms with Crippen molar-refractivity contribution in [3.63, 3.8) is 0 Å². The van der Waals surface area contributed by atoms with Gasteiger partial charge in [0.15, 0.2) is 0 Å². The molecule has 0 unspecified atom stereocenters. The predicted molar refractivity (Wildman–Crippen MR) is 108 cm³/mol. The maximum Gasteiger partial charge on any atom is 0.295 e. The van der Waals surface area contributed by atoms with Crippen LogP contribution in [0.2, 0.25) is 0 Å². The van der Waals surface area contributed by atoms with Crippen LogP contribution in [-0.4, -0.2) is 75.8 Å². The summed E-state index contributed by atoms with van der Waals surface area (Å²) in [4.78, 5) is 29.6. The van der Waals surface area contributed by atoms with E-state index in [1.807, 2.05) is 6.92 Å². The van der Waals surface area contributed by atoms with Crippen LogP contribution in [0.1, 0.15) is 28.8 Å². The standard InChI is InChI=1S/C21H26N4O5/c1-13-16(14(2)23(3)22-13)19(26)17-18(15-5-4-10-30-15)25(21(28)20(17)27)7-6-24-8-11-29-12-9-24/h4-5,10,18,26H,6-9,11-12H2,1-3H3/t18-/m0/s1. The Morgan fingerprint density at radius 2 is 1.97 bits per heavy atom. The van der Waals surface area contributed by atoms with Gasteiger partial charge < -0.3 is 19.2 Å². The molecular weight excluding hydrogens is 388 g/mol. The SMILES string of the molecule is Cc1nn(C)c(C)c1C(O)=C1C(=O)C(=O)N(CCN2CCOCC2)[C@H]1c1ccco1. The molecule has 0 spiro atoms. The molecule has 4 rings (SSSR count). The highest BCUT2D eigenvalue weighted by atomic mass is 16.5. The Hall–Kier alpha value is -2.91. The first-order chi connectivity index (χ1) is 14.4. The van der Waals surface area contributed by atoms with Crippen LogP contribution in [-0.2, 0) is 21.4 Å². The van der Waals surface area contributed by atoms with E-state index in [1.165, 1.54) is 11.2 Å². The van der Waals surface area contributed by atoms with Crippen molar-refractivity contribution in [3.05, 3.63) is 46.7 Å². The number of aryl methyl sites for hydroxylation is 2. The largest absolute Gasteiger partial charge is 0.507 e. The first-order valence-electron chi connectivity index (χ1n) is 10.0. The van der Waals surface area contributed by atoms with Gasteiger partial charge in [0, 0.05) is 38.9 Å². The van der Waals surface area contributed by atoms with Crippen LogP contribution in [0.4, 0.5) is 0 Å². The molecule has 4 heterocycles. The van der Waals surface area contributed by atoms with Crippen molar-refractivity contribution in [1.29, 1.82) is 0 Å². The number of furan rings is 1. The number of morpholine rings is 1. The second-order valence-corrected chi connectivity index (χ2v) is 7.63. The zero-order valence-electron chi connectivity index (χ0n) is 17.4. The first-order valence-corrected chi connectivity index (χ1v) is 10.0. The molecular formula is C21H26N4O5. The molecule has 2 fully saturated rings. The summed E-state index contributed by atoms with van der Waals surface area (Å²) in [6.07, 6.45) is 1.50. The zero-order valence-corrected chi connectivity index (χ0v) is 17.4. The number of hydrogen-bond acceptors (Lipinski definition) is 7. The van der Waals surface area contributed by atoms with E-state index in [-0.39, 0.29) is 11.3 Å². The second-order valence-electron chi connectivity index (χ2n) is 7.63. The molecule has 1 N–H and O–H groups in total. The van der Waals surface area contributed by atoms with Crippen LogP contribution in [0.5, 0.6) is 0 Å². The molecule has 9 heteroatoms. The van der Waals surface area contributed by atoms with Crippen molar-refractivity contribution >= 4 is 17.4 Å². The Balaban J connectivity index is 1.74. The number of aliphatic hydroxyl groups is 1. The number of ether oxygens (including phenoxy) is 1. The number of amides is 1. The van der Waals surface area contributed by atoms with Crippen LogP contribution >= 0.6 is 0 Å². The van der Waals surface area contributed by atoms with Gasteiger partial charge in [-0.15, -0.1) is 0 Å². The van der Waals surface area contributed by atoms with Gasteiger partial charge in [-0.05, 0) is 26.0 Å². The quantitative estimate of drug-likeness (QED) is 0.448. The summed E-state index contributed by atoms with van der Waals surface area (Å²) in [7, 11) is 1.77. The number of hydrogen-bond donors (Lipinski definition) is 1. The van der Waals surface area contributed by atoms with Gasteiger partial charge in [-0.2, -0.15) is 5.10 Å². The minimum atomic E-state index is -0.778. The van der Waals surface area contributed by atoms with E-state index in [0.29, 0.717) is 49.0 Å². The summed E-state index contributed by atoms with van der Waals surface area (Å²) in [5.74, 6) is -1.12. The summed E-state index contributed by atoms with van der Waals surface area (Å²) in [5.41, 5.74) is 1.81. The van der Waals surface area contributed by atoms with E-state index in [2.05, 4.69) is 10.00 Å². The highest BCUT2D eigenvalue weighted by Crippen LogP contribution is 2.40. The molecule has 0 aliphatic carbocycles. The molecule has 2 aliphatic rings. The van der Waals surface area contributed by atoms with Crippen molar-refractivity contribution in [2.75, 3.05) is 39.4 Å². The number of aliphatic hydroxyl groups excluding tert-OH is 1. The van der Waals surface area contributed by atoms with Crippen LogP contribution in [0, 0.1) is 13.8 Å². The number of rotatable bonds is 5. The van der Waals surface area contributed by atoms with Crippen LogP contribution in [0.3, 0.4) is 0 Å². The maximum absolute atomic E-state index is 13.0. The number of nitrogens with zero attached hydrogens (tertiary/aromatic N) is 4. The average molecular weight is 414 g/mol. The minimum absolute atomic E-state index is 0.0381. The number of carbonyl (C=O) groups excluding carboxylic acids is 2. The van der Waals surface area contributed by atoms with E-state index in [1.54, 1.807) is 30.8 Å². The van der Waals surface area contributed by atoms with Gasteiger partial charge in [-0.3, -0.25) is 19.2 Å². The van der Waals surface area contributed by atoms with E-state index in [9.17, 15) is 14.7 Å². The summed E-state index contributed by atoms with van der Waals surface area (Å²) in [5, 5.41) is 15.5. The number of likely N-dealkylation sites (tertiary alicyclic amines) is 1. The van der Waals surface area contributed by atoms with Gasteiger partial charge in [-0.25, -0.2) is 0 Å². The molecule has 1 atom stereocenters. The van der Waals surface area contributed by atoms with Gasteiger partial charge in [0.25, 0.3) is 11.7 Å². The van der Waals surface area contributed by atoms with Gasteiger partial charge in [0.1, 0.15) is 17.6 Å². The molecule has 2 aromatic rings. The number of aromatic nitrogens is 2. The second kappa shape index (κ2) is 8.08. The minimum Gasteiger partial charge on any atom is -0.507 e. The van der Waals surface area contributed by atoms with Crippen LogP contribution in [0.15, 0.2) is 28.4 Å². The maximum atomic E-state index is 13.0. The third-order valence-electron chi connectivity index (χ3n) is 5.86. The van der Waals surface area contributed by atoms with Crippen molar-refractivity contribution in [1.82, 2.24) is 19.6 Å². The Labute approximate surface area is 174 Å². The predicted octanol–water partition coefficient (Wildman–Crippen LogP) is 1.38. The van der Waals surface area contributed by atoms with Crippen molar-refractivity contribution in [2.45, 2.75) is 19.9 Å². The summed E-state index contributed by atoms with van der Waals surface area (Å²) < 4.78 is 12.6. The fourth-order valence-corrected chi connectivity index (χ4v) is 4.18. The molecule has 2 aromatic heterocycles. The molecule has 0 bridgehead atoms. The smallest absolute Gasteiger partial charge is 0.295 e. The van der Waals surface area contributed by atoms with Crippen molar-refractivity contribution < 1.29 is 23.8 Å². The lowest BCUT2D eigenvalue weighted by Crippen LogP contribution is -2.42. The summed E-state index contributed by atoms with van der Waals surface area (Å²) >= 11 is 0. The van der Waals surface area contributed by atoms with E-state index < -0.39 is 17.7 Å². The number of carbonyl (C=O) groups is 2. The van der Waals surface area contributed by atoms with E-state index in [0.717, 1.165) is 13.1 Å². The lowest BCUT2D eigenvalue weighted by atomic mass is 9.98. The van der Waals surface area contributed by atoms with Crippen molar-refractivity contribution in [3.8, 4) is 0 Å². The van der Waals surface area contributed by atoms with Crippen LogP contribution in [0.25, 0.3) is 5.76 Å². The fourth-order valence-electron chi connectivity index (χ4n) is 4.18. The summed E-state index contributed by atoms with van der Waals surface area (Å²) in [6, 6.07) is 2.65. The zero-order chi connectivity index (χ0) is 21.4. The van der Waals surface area contributed by atoms with Crippen LogP contribution < -0.4 is 0 Å².